The topological polar surface area (TPSA) is 24.7 Å². The summed E-state index contributed by atoms with van der Waals surface area (Å²) in [6, 6.07) is 17.4. The minimum Gasteiger partial charge on any atom is -0.255 e. The minimum atomic E-state index is 0.954. The zero-order chi connectivity index (χ0) is 53.3. The Morgan fingerprint density at radius 3 is 0.893 bits per heavy atom. The zero-order valence-electron chi connectivity index (χ0n) is 50.7. The Morgan fingerprint density at radius 2 is 0.573 bits per heavy atom. The van der Waals surface area contributed by atoms with E-state index in [-0.39, 0.29) is 0 Å². The Kier molecular flexibility index (Phi) is 51.0. The van der Waals surface area contributed by atoms with Crippen molar-refractivity contribution in [3.8, 4) is 0 Å². The molecule has 0 radical (unpaired) electrons. The van der Waals surface area contributed by atoms with E-state index in [9.17, 15) is 0 Å². The summed E-state index contributed by atoms with van der Waals surface area (Å²) in [6.07, 6.45) is 84.4. The molecule has 2 rings (SSSR count). The number of aliphatic imine (C=N–C) groups is 2. The smallest absolute Gasteiger partial charge is 0.0639 e. The van der Waals surface area contributed by atoms with E-state index < -0.39 is 0 Å². The Bertz CT molecular complexity index is 1600. The minimum absolute atomic E-state index is 0.954. The molecule has 75 heavy (non-hydrogen) atoms. The molecule has 0 N–H and O–H groups in total. The van der Waals surface area contributed by atoms with Crippen LogP contribution in [0.4, 0.5) is 11.4 Å². The lowest BCUT2D eigenvalue weighted by Gasteiger charge is -2.04. The Hall–Kier alpha value is -2.74. The van der Waals surface area contributed by atoms with Gasteiger partial charge in [-0.1, -0.05) is 365 Å². The molecular formula is C73H126N2. The zero-order valence-corrected chi connectivity index (χ0v) is 50.7. The number of hydrogen-bond acceptors (Lipinski definition) is 2. The highest BCUT2D eigenvalue weighted by molar-refractivity contribution is 6.31. The van der Waals surface area contributed by atoms with E-state index >= 15 is 0 Å². The number of benzene rings is 2. The van der Waals surface area contributed by atoms with E-state index in [1.807, 2.05) is 6.21 Å². The number of unbranched alkanes of at least 4 members (excludes halogenated alkanes) is 48. The van der Waals surface area contributed by atoms with Gasteiger partial charge in [-0.3, -0.25) is 9.98 Å². The first kappa shape index (κ1) is 68.4. The molecule has 0 saturated heterocycles. The van der Waals surface area contributed by atoms with Gasteiger partial charge < -0.3 is 0 Å². The van der Waals surface area contributed by atoms with Crippen molar-refractivity contribution in [1.29, 1.82) is 0 Å². The second-order valence-corrected chi connectivity index (χ2v) is 23.4. The molecule has 0 aliphatic heterocycles. The van der Waals surface area contributed by atoms with Crippen LogP contribution in [0, 0.1) is 0 Å². The third-order valence-corrected chi connectivity index (χ3v) is 16.0. The molecule has 0 bridgehead atoms. The quantitative estimate of drug-likeness (QED) is 0.0466. The summed E-state index contributed by atoms with van der Waals surface area (Å²) in [7, 11) is 0. The third kappa shape index (κ3) is 47.0. The van der Waals surface area contributed by atoms with E-state index in [0.29, 0.717) is 0 Å². The number of allylic oxidation sites excluding steroid dienone is 2. The summed E-state index contributed by atoms with van der Waals surface area (Å²) in [6.45, 7) is 6.89. The Balaban J connectivity index is 1.51. The van der Waals surface area contributed by atoms with Crippen LogP contribution in [0.3, 0.4) is 0 Å². The van der Waals surface area contributed by atoms with E-state index in [1.54, 1.807) is 0 Å². The van der Waals surface area contributed by atoms with Crippen molar-refractivity contribution in [2.75, 3.05) is 0 Å². The third-order valence-electron chi connectivity index (χ3n) is 16.0. The van der Waals surface area contributed by atoms with Crippen molar-refractivity contribution in [1.82, 2.24) is 0 Å². The summed E-state index contributed by atoms with van der Waals surface area (Å²) in [4.78, 5) is 10.1. The highest BCUT2D eigenvalue weighted by atomic mass is 14.8. The van der Waals surface area contributed by atoms with E-state index in [0.717, 1.165) is 42.8 Å². The number of rotatable bonds is 57. The SMILES string of the molecule is CCCCCCCCCCCCCCCCCCCCCCCCCC=Cc1cccc(N=CC(CCCCC)=Nc2cccc(C=CCCCCCCCCCCCCCCCCCCCCCCCCC)c2)c1. The number of nitrogens with zero attached hydrogens (tertiary/aromatic N) is 2. The summed E-state index contributed by atoms with van der Waals surface area (Å²) >= 11 is 0. The van der Waals surface area contributed by atoms with Crippen molar-refractivity contribution in [3.63, 3.8) is 0 Å². The molecule has 2 heteroatoms. The molecule has 0 unspecified atom stereocenters. The molecule has 0 fully saturated rings. The molecule has 0 aliphatic rings. The second kappa shape index (κ2) is 56.0. The van der Waals surface area contributed by atoms with Gasteiger partial charge in [0.15, 0.2) is 0 Å². The fourth-order valence-electron chi connectivity index (χ4n) is 11.0. The molecule has 0 saturated carbocycles. The van der Waals surface area contributed by atoms with E-state index in [4.69, 9.17) is 9.98 Å². The highest BCUT2D eigenvalue weighted by Gasteiger charge is 2.02. The van der Waals surface area contributed by atoms with Gasteiger partial charge in [-0.2, -0.15) is 0 Å². The maximum absolute atomic E-state index is 5.13. The molecule has 2 aromatic rings. The van der Waals surface area contributed by atoms with Crippen LogP contribution >= 0.6 is 0 Å². The molecule has 0 heterocycles. The molecule has 0 aliphatic carbocycles. The first-order valence-corrected chi connectivity index (χ1v) is 33.9. The molecule has 0 atom stereocenters. The van der Waals surface area contributed by atoms with Gasteiger partial charge in [0.25, 0.3) is 0 Å². The first-order chi connectivity index (χ1) is 37.2. The normalized spacial score (nSPS) is 12.2. The molecule has 2 nitrogen and oxygen atoms in total. The summed E-state index contributed by atoms with van der Waals surface area (Å²) in [5.41, 5.74) is 5.57. The lowest BCUT2D eigenvalue weighted by molar-refractivity contribution is 0.518. The maximum Gasteiger partial charge on any atom is 0.0639 e. The largest absolute Gasteiger partial charge is 0.255 e. The summed E-state index contributed by atoms with van der Waals surface area (Å²) in [5, 5.41) is 0. The molecule has 428 valence electrons. The lowest BCUT2D eigenvalue weighted by atomic mass is 10.0. The average molecular weight is 1030 g/mol. The van der Waals surface area contributed by atoms with Crippen molar-refractivity contribution >= 4 is 35.5 Å². The van der Waals surface area contributed by atoms with Crippen LogP contribution < -0.4 is 0 Å². The van der Waals surface area contributed by atoms with Gasteiger partial charge >= 0.3 is 0 Å². The summed E-state index contributed by atoms with van der Waals surface area (Å²) in [5.74, 6) is 0. The maximum atomic E-state index is 5.13. The number of hydrogen-bond donors (Lipinski definition) is 0. The highest BCUT2D eigenvalue weighted by Crippen LogP contribution is 2.22. The molecule has 0 spiro atoms. The van der Waals surface area contributed by atoms with Crippen molar-refractivity contribution in [2.24, 2.45) is 9.98 Å². The van der Waals surface area contributed by atoms with Crippen LogP contribution in [0.5, 0.6) is 0 Å². The van der Waals surface area contributed by atoms with Gasteiger partial charge in [-0.15, -0.1) is 0 Å². The van der Waals surface area contributed by atoms with Crippen LogP contribution in [0.1, 0.15) is 366 Å². The van der Waals surface area contributed by atoms with Gasteiger partial charge in [-0.25, -0.2) is 0 Å². The average Bonchev–Trinajstić information content (AvgIpc) is 3.42. The van der Waals surface area contributed by atoms with Gasteiger partial charge in [-0.05, 0) is 73.9 Å². The van der Waals surface area contributed by atoms with E-state index in [1.165, 1.54) is 319 Å². The van der Waals surface area contributed by atoms with Gasteiger partial charge in [0.2, 0.25) is 0 Å². The van der Waals surface area contributed by atoms with Gasteiger partial charge in [0.05, 0.1) is 17.1 Å². The lowest BCUT2D eigenvalue weighted by Crippen LogP contribution is -1.99. The first-order valence-electron chi connectivity index (χ1n) is 33.9. The fraction of sp³-hybridized carbons (Fsp3) is 0.753. The van der Waals surface area contributed by atoms with Crippen LogP contribution in [-0.2, 0) is 0 Å². The second-order valence-electron chi connectivity index (χ2n) is 23.4. The predicted molar refractivity (Wildman–Crippen MR) is 343 cm³/mol. The molecule has 2 aromatic carbocycles. The van der Waals surface area contributed by atoms with Crippen molar-refractivity contribution in [3.05, 3.63) is 71.8 Å². The Morgan fingerprint density at radius 1 is 0.307 bits per heavy atom. The van der Waals surface area contributed by atoms with Crippen LogP contribution in [0.2, 0.25) is 0 Å². The summed E-state index contributed by atoms with van der Waals surface area (Å²) < 4.78 is 0. The van der Waals surface area contributed by atoms with E-state index in [2.05, 4.69) is 93.6 Å². The predicted octanol–water partition coefficient (Wildman–Crippen LogP) is 26.5. The van der Waals surface area contributed by atoms with Crippen molar-refractivity contribution < 1.29 is 0 Å². The van der Waals surface area contributed by atoms with Crippen LogP contribution in [0.25, 0.3) is 12.2 Å². The molecule has 0 amide bonds. The van der Waals surface area contributed by atoms with Crippen LogP contribution in [-0.4, -0.2) is 11.9 Å². The van der Waals surface area contributed by atoms with Crippen LogP contribution in [0.15, 0.2) is 70.7 Å². The Labute approximate surface area is 469 Å². The monoisotopic (exact) mass is 1030 g/mol. The van der Waals surface area contributed by atoms with Crippen molar-refractivity contribution in [2.45, 2.75) is 355 Å². The van der Waals surface area contributed by atoms with Gasteiger partial charge in [0.1, 0.15) is 0 Å². The molecular weight excluding hydrogens is 905 g/mol. The fourth-order valence-corrected chi connectivity index (χ4v) is 11.0. The standard InChI is InChI=1S/C73H126N2/c1-4-7-10-12-14-16-18-20-22-24-26-28-30-32-34-36-38-40-42-44-46-48-50-52-55-59-69-61-57-64-71(66-69)74-68-73(63-54-9-6-3)75-72-65-58-62-70(67-72)60-56-53-51-49-47-45-43-41-39-37-35-33-31-29-27-25-23-21-19-17-15-13-11-8-5-2/h55-62,64-68H,4-54,63H2,1-3H3. The molecule has 0 aromatic heterocycles. The van der Waals surface area contributed by atoms with Gasteiger partial charge in [0, 0.05) is 6.21 Å².